The molecule has 1 aliphatic heterocycles. The maximum Gasteiger partial charge on any atom is 0.160 e. The van der Waals surface area contributed by atoms with Crippen LogP contribution in [0.5, 0.6) is 0 Å². The highest BCUT2D eigenvalue weighted by Gasteiger charge is 2.44. The van der Waals surface area contributed by atoms with Crippen LogP contribution in [-0.4, -0.2) is 12.3 Å². The van der Waals surface area contributed by atoms with E-state index in [1.54, 1.807) is 11.3 Å². The lowest BCUT2D eigenvalue weighted by molar-refractivity contribution is 0.112. The third-order valence-electron chi connectivity index (χ3n) is 9.41. The van der Waals surface area contributed by atoms with Crippen LogP contribution in [-0.2, 0) is 5.41 Å². The van der Waals surface area contributed by atoms with Crippen LogP contribution in [0.1, 0.15) is 91.1 Å². The van der Waals surface area contributed by atoms with E-state index in [-0.39, 0.29) is 5.41 Å². The summed E-state index contributed by atoms with van der Waals surface area (Å²) in [5, 5.41) is 0. The van der Waals surface area contributed by atoms with Crippen molar-refractivity contribution in [2.75, 3.05) is 4.90 Å². The van der Waals surface area contributed by atoms with Crippen LogP contribution in [0.15, 0.2) is 72.8 Å². The number of thiophene rings is 1. The second-order valence-corrected chi connectivity index (χ2v) is 12.5. The predicted molar refractivity (Wildman–Crippen MR) is 160 cm³/mol. The first-order valence-electron chi connectivity index (χ1n) is 14.4. The zero-order chi connectivity index (χ0) is 25.9. The molecule has 3 aromatic carbocycles. The highest BCUT2D eigenvalue weighted by atomic mass is 32.1. The summed E-state index contributed by atoms with van der Waals surface area (Å²) >= 11 is 1.59. The Hall–Kier alpha value is -3.17. The number of hydrogen-bond acceptors (Lipinski definition) is 3. The van der Waals surface area contributed by atoms with E-state index in [2.05, 4.69) is 85.5 Å². The summed E-state index contributed by atoms with van der Waals surface area (Å²) in [6.07, 6.45) is 9.54. The summed E-state index contributed by atoms with van der Waals surface area (Å²) in [7, 11) is 0. The van der Waals surface area contributed by atoms with Crippen molar-refractivity contribution in [2.45, 2.75) is 76.2 Å². The van der Waals surface area contributed by atoms with Gasteiger partial charge in [0.15, 0.2) is 6.29 Å². The lowest BCUT2D eigenvalue weighted by Gasteiger charge is -2.32. The molecule has 192 valence electrons. The molecule has 0 spiro atoms. The second kappa shape index (κ2) is 9.24. The molecule has 3 aliphatic rings. The van der Waals surface area contributed by atoms with E-state index >= 15 is 0 Å². The van der Waals surface area contributed by atoms with Gasteiger partial charge in [-0.15, -0.1) is 11.3 Å². The number of carbonyl (C=O) groups excluding carboxylic acids is 1. The molecule has 2 unspecified atom stereocenters. The predicted octanol–water partition coefficient (Wildman–Crippen LogP) is 9.88. The number of rotatable bonds is 7. The van der Waals surface area contributed by atoms with Crippen molar-refractivity contribution in [1.29, 1.82) is 0 Å². The Kier molecular flexibility index (Phi) is 5.81. The molecule has 1 aromatic heterocycles. The molecule has 0 amide bonds. The Morgan fingerprint density at radius 3 is 2.50 bits per heavy atom. The molecule has 0 radical (unpaired) electrons. The van der Waals surface area contributed by atoms with Gasteiger partial charge in [-0.1, -0.05) is 69.5 Å². The van der Waals surface area contributed by atoms with Crippen LogP contribution in [0.2, 0.25) is 0 Å². The van der Waals surface area contributed by atoms with Crippen molar-refractivity contribution in [1.82, 2.24) is 0 Å². The smallest absolute Gasteiger partial charge is 0.160 e. The second-order valence-electron chi connectivity index (χ2n) is 11.4. The van der Waals surface area contributed by atoms with Gasteiger partial charge in [0, 0.05) is 33.6 Å². The molecule has 1 saturated carbocycles. The number of anilines is 2. The first-order valence-corrected chi connectivity index (χ1v) is 15.2. The minimum absolute atomic E-state index is 0.142. The molecular weight excluding hydrogens is 482 g/mol. The summed E-state index contributed by atoms with van der Waals surface area (Å²) in [6.45, 7) is 4.66. The Labute approximate surface area is 230 Å². The Morgan fingerprint density at radius 2 is 1.71 bits per heavy atom. The number of fused-ring (bicyclic) bond motifs is 6. The van der Waals surface area contributed by atoms with E-state index in [1.165, 1.54) is 94.6 Å². The maximum atomic E-state index is 11.3. The van der Waals surface area contributed by atoms with Crippen LogP contribution >= 0.6 is 11.3 Å². The molecule has 3 heteroatoms. The van der Waals surface area contributed by atoms with Crippen molar-refractivity contribution in [2.24, 2.45) is 0 Å². The zero-order valence-electron chi connectivity index (χ0n) is 22.4. The monoisotopic (exact) mass is 517 g/mol. The van der Waals surface area contributed by atoms with E-state index in [0.29, 0.717) is 12.0 Å². The Bertz CT molecular complexity index is 1520. The SMILES string of the molecule is CCCC1(CCC)c2ccccc2-c2cc(N3c4ccc(-c5ccc(C=O)s5)cc4C4CCCC43)ccc21. The molecule has 2 nitrogen and oxygen atoms in total. The normalized spacial score (nSPS) is 20.2. The fourth-order valence-corrected chi connectivity index (χ4v) is 8.86. The summed E-state index contributed by atoms with van der Waals surface area (Å²) < 4.78 is 0. The van der Waals surface area contributed by atoms with Crippen LogP contribution in [0.25, 0.3) is 21.6 Å². The van der Waals surface area contributed by atoms with Crippen molar-refractivity contribution in [3.63, 3.8) is 0 Å². The van der Waals surface area contributed by atoms with Gasteiger partial charge in [0.2, 0.25) is 0 Å². The molecule has 7 rings (SSSR count). The fourth-order valence-electron chi connectivity index (χ4n) is 8.04. The average molecular weight is 518 g/mol. The number of aldehydes is 1. The third kappa shape index (κ3) is 3.41. The summed E-state index contributed by atoms with van der Waals surface area (Å²) in [5.41, 5.74) is 11.5. The van der Waals surface area contributed by atoms with Gasteiger partial charge in [-0.3, -0.25) is 4.79 Å². The molecular formula is C35H35NOS. The van der Waals surface area contributed by atoms with E-state index in [9.17, 15) is 4.79 Å². The highest BCUT2D eigenvalue weighted by Crippen LogP contribution is 2.57. The number of nitrogens with zero attached hydrogens (tertiary/aromatic N) is 1. The van der Waals surface area contributed by atoms with Gasteiger partial charge in [-0.05, 0) is 95.5 Å². The van der Waals surface area contributed by atoms with Crippen LogP contribution in [0, 0.1) is 0 Å². The quantitative estimate of drug-likeness (QED) is 0.227. The van der Waals surface area contributed by atoms with Crippen LogP contribution in [0.4, 0.5) is 11.4 Å². The molecule has 2 aliphatic carbocycles. The van der Waals surface area contributed by atoms with E-state index < -0.39 is 0 Å². The van der Waals surface area contributed by atoms with Crippen molar-refractivity contribution >= 4 is 29.0 Å². The van der Waals surface area contributed by atoms with Gasteiger partial charge >= 0.3 is 0 Å². The minimum Gasteiger partial charge on any atom is -0.337 e. The topological polar surface area (TPSA) is 20.3 Å². The van der Waals surface area contributed by atoms with Gasteiger partial charge in [-0.2, -0.15) is 0 Å². The zero-order valence-corrected chi connectivity index (χ0v) is 23.2. The molecule has 0 N–H and O–H groups in total. The van der Waals surface area contributed by atoms with Crippen molar-refractivity contribution in [3.05, 3.63) is 94.4 Å². The van der Waals surface area contributed by atoms with Gasteiger partial charge in [0.1, 0.15) is 0 Å². The summed E-state index contributed by atoms with van der Waals surface area (Å²) in [5.74, 6) is 0.579. The van der Waals surface area contributed by atoms with Gasteiger partial charge < -0.3 is 4.90 Å². The molecule has 4 aromatic rings. The third-order valence-corrected chi connectivity index (χ3v) is 10.5. The minimum atomic E-state index is 0.142. The summed E-state index contributed by atoms with van der Waals surface area (Å²) in [4.78, 5) is 15.9. The summed E-state index contributed by atoms with van der Waals surface area (Å²) in [6, 6.07) is 28.1. The molecule has 38 heavy (non-hydrogen) atoms. The molecule has 0 bridgehead atoms. The lowest BCUT2D eigenvalue weighted by Crippen LogP contribution is -2.27. The molecule has 1 fully saturated rings. The molecule has 0 saturated heterocycles. The van der Waals surface area contributed by atoms with E-state index in [1.807, 2.05) is 6.07 Å². The van der Waals surface area contributed by atoms with Crippen molar-refractivity contribution < 1.29 is 4.79 Å². The number of carbonyl (C=O) groups is 1. The maximum absolute atomic E-state index is 11.3. The fraction of sp³-hybridized carbons (Fsp3) is 0.343. The first kappa shape index (κ1) is 23.9. The standard InChI is InChI=1S/C35H35NOS/c1-3-18-35(19-4-2)30-10-6-5-8-26(30)28-21-24(13-15-31(28)35)36-32-11-7-9-27(32)29-20-23(12-16-33(29)36)34-17-14-25(22-37)38-34/h5-6,8,10,12-17,20-22,27,32H,3-4,7,9,11,18-19H2,1-2H3. The van der Waals surface area contributed by atoms with Crippen LogP contribution < -0.4 is 4.90 Å². The molecule has 2 heterocycles. The van der Waals surface area contributed by atoms with Crippen molar-refractivity contribution in [3.8, 4) is 21.6 Å². The number of hydrogen-bond donors (Lipinski definition) is 0. The molecule has 2 atom stereocenters. The van der Waals surface area contributed by atoms with Gasteiger partial charge in [0.25, 0.3) is 0 Å². The lowest BCUT2D eigenvalue weighted by atomic mass is 9.71. The van der Waals surface area contributed by atoms with Crippen LogP contribution in [0.3, 0.4) is 0 Å². The number of benzene rings is 3. The Morgan fingerprint density at radius 1 is 0.895 bits per heavy atom. The Balaban J connectivity index is 1.34. The average Bonchev–Trinajstić information content (AvgIpc) is 3.72. The largest absolute Gasteiger partial charge is 0.337 e. The first-order chi connectivity index (χ1) is 18.7. The highest BCUT2D eigenvalue weighted by molar-refractivity contribution is 7.17. The van der Waals surface area contributed by atoms with E-state index in [4.69, 9.17) is 0 Å². The van der Waals surface area contributed by atoms with Gasteiger partial charge in [-0.25, -0.2) is 0 Å². The van der Waals surface area contributed by atoms with Gasteiger partial charge in [0.05, 0.1) is 4.88 Å². The van der Waals surface area contributed by atoms with E-state index in [0.717, 1.165) is 11.2 Å².